The van der Waals surface area contributed by atoms with Crippen LogP contribution in [0.4, 0.5) is 0 Å². The van der Waals surface area contributed by atoms with Crippen LogP contribution in [0.2, 0.25) is 0 Å². The number of rotatable bonds is 7. The van der Waals surface area contributed by atoms with Gasteiger partial charge in [0.1, 0.15) is 36.3 Å². The molecule has 7 atom stereocenters. The van der Waals surface area contributed by atoms with Crippen LogP contribution in [0.5, 0.6) is 0 Å². The van der Waals surface area contributed by atoms with Gasteiger partial charge < -0.3 is 36.0 Å². The van der Waals surface area contributed by atoms with Gasteiger partial charge in [-0.05, 0) is 12.0 Å². The fourth-order valence-electron chi connectivity index (χ4n) is 5.23. The quantitative estimate of drug-likeness (QED) is 0.344. The summed E-state index contributed by atoms with van der Waals surface area (Å²) in [5, 5.41) is 9.70. The molecule has 3 aliphatic heterocycles. The smallest absolute Gasteiger partial charge is 0.316 e. The summed E-state index contributed by atoms with van der Waals surface area (Å²) in [5.41, 5.74) is 0.813. The van der Waals surface area contributed by atoms with Crippen molar-refractivity contribution < 1.29 is 40.8 Å². The SMILES string of the molecule is CCCC[N+]1(C)C2CC(OC(=O)C(CO)c3ccccc3)C[C@H]1C1OC12.[Br-]. The van der Waals surface area contributed by atoms with Crippen molar-refractivity contribution in [1.82, 2.24) is 0 Å². The number of epoxide rings is 1. The van der Waals surface area contributed by atoms with Gasteiger partial charge in [-0.2, -0.15) is 0 Å². The Morgan fingerprint density at radius 2 is 1.89 bits per heavy atom. The van der Waals surface area contributed by atoms with Crippen LogP contribution in [0, 0.1) is 0 Å². The van der Waals surface area contributed by atoms with Gasteiger partial charge in [-0.25, -0.2) is 0 Å². The third kappa shape index (κ3) is 3.69. The molecule has 2 bridgehead atoms. The number of piperidine rings is 1. The number of carbonyl (C=O) groups is 1. The second kappa shape index (κ2) is 8.19. The summed E-state index contributed by atoms with van der Waals surface area (Å²) in [7, 11) is 2.36. The highest BCUT2D eigenvalue weighted by molar-refractivity contribution is 5.78. The summed E-state index contributed by atoms with van der Waals surface area (Å²) in [6.07, 6.45) is 4.83. The van der Waals surface area contributed by atoms with E-state index in [0.717, 1.165) is 22.9 Å². The number of nitrogens with zero attached hydrogens (tertiary/aromatic N) is 1. The van der Waals surface area contributed by atoms with Crippen LogP contribution in [0.25, 0.3) is 0 Å². The molecule has 1 aromatic carbocycles. The minimum atomic E-state index is -0.595. The molecule has 1 aromatic rings. The van der Waals surface area contributed by atoms with Gasteiger partial charge in [-0.3, -0.25) is 4.79 Å². The van der Waals surface area contributed by atoms with Gasteiger partial charge in [0.15, 0.2) is 0 Å². The number of esters is 1. The number of aliphatic hydroxyl groups is 1. The molecule has 4 rings (SSSR count). The van der Waals surface area contributed by atoms with Crippen LogP contribution < -0.4 is 17.0 Å². The molecule has 0 spiro atoms. The van der Waals surface area contributed by atoms with Crippen molar-refractivity contribution in [3.8, 4) is 0 Å². The number of aliphatic hydroxyl groups excluding tert-OH is 1. The Hall–Kier alpha value is -0.950. The highest BCUT2D eigenvalue weighted by Gasteiger charge is 2.71. The summed E-state index contributed by atoms with van der Waals surface area (Å²) >= 11 is 0. The van der Waals surface area contributed by atoms with Crippen LogP contribution in [0.15, 0.2) is 30.3 Å². The second-order valence-corrected chi connectivity index (χ2v) is 8.30. The Bertz CT molecular complexity index is 637. The van der Waals surface area contributed by atoms with Crippen molar-refractivity contribution in [3.05, 3.63) is 35.9 Å². The maximum Gasteiger partial charge on any atom is 0.316 e. The standard InChI is InChI=1S/C21H30NO4.BrH/c1-3-4-10-22(2)17-11-15(12-18(22)20-19(17)26-20)25-21(24)16(13-23)14-8-6-5-7-9-14;/h5-9,15-20,23H,3-4,10-13H2,1-2H3;1H/q+1;/p-1/t15?,16?,17-,18?,19?,20?,22?;/m0./s1. The van der Waals surface area contributed by atoms with Gasteiger partial charge in [0.05, 0.1) is 20.2 Å². The van der Waals surface area contributed by atoms with Crippen LogP contribution in [-0.2, 0) is 14.3 Å². The number of hydrogen-bond donors (Lipinski definition) is 1. The lowest BCUT2D eigenvalue weighted by atomic mass is 9.94. The molecule has 0 aromatic heterocycles. The van der Waals surface area contributed by atoms with Crippen molar-refractivity contribution in [2.75, 3.05) is 20.2 Å². The molecule has 3 aliphatic rings. The van der Waals surface area contributed by atoms with E-state index in [4.69, 9.17) is 9.47 Å². The maximum atomic E-state index is 12.7. The third-order valence-electron chi connectivity index (χ3n) is 6.79. The Labute approximate surface area is 172 Å². The Morgan fingerprint density at radius 3 is 2.44 bits per heavy atom. The number of morpholine rings is 1. The summed E-state index contributed by atoms with van der Waals surface area (Å²) in [5.74, 6) is -0.898. The Morgan fingerprint density at radius 1 is 1.26 bits per heavy atom. The number of fused-ring (bicyclic) bond motifs is 5. The second-order valence-electron chi connectivity index (χ2n) is 8.30. The first kappa shape index (κ1) is 20.8. The molecule has 0 aliphatic carbocycles. The first-order valence-electron chi connectivity index (χ1n) is 9.95. The zero-order chi connectivity index (χ0) is 18.3. The lowest BCUT2D eigenvalue weighted by Crippen LogP contribution is -3.00. The molecule has 3 heterocycles. The lowest BCUT2D eigenvalue weighted by molar-refractivity contribution is -0.956. The fraction of sp³-hybridized carbons (Fsp3) is 0.667. The van der Waals surface area contributed by atoms with Crippen molar-refractivity contribution in [1.29, 1.82) is 0 Å². The normalized spacial score (nSPS) is 37.1. The highest BCUT2D eigenvalue weighted by Crippen LogP contribution is 2.52. The number of quaternary nitrogens is 1. The first-order valence-corrected chi connectivity index (χ1v) is 9.95. The Kier molecular flexibility index (Phi) is 6.31. The molecule has 0 saturated carbocycles. The molecule has 0 amide bonds. The van der Waals surface area contributed by atoms with Crippen molar-refractivity contribution in [3.63, 3.8) is 0 Å². The molecule has 0 radical (unpaired) electrons. The number of hydrogen-bond acceptors (Lipinski definition) is 4. The molecule has 150 valence electrons. The van der Waals surface area contributed by atoms with Gasteiger partial charge in [0.25, 0.3) is 0 Å². The molecule has 27 heavy (non-hydrogen) atoms. The Balaban J connectivity index is 0.00000210. The summed E-state index contributed by atoms with van der Waals surface area (Å²) in [6.45, 7) is 3.20. The van der Waals surface area contributed by atoms with E-state index in [1.165, 1.54) is 19.4 Å². The average Bonchev–Trinajstić information content (AvgIpc) is 3.40. The number of carbonyl (C=O) groups excluding carboxylic acids is 1. The van der Waals surface area contributed by atoms with Gasteiger partial charge in [0, 0.05) is 12.8 Å². The van der Waals surface area contributed by atoms with Gasteiger partial charge in [-0.15, -0.1) is 0 Å². The van der Waals surface area contributed by atoms with E-state index in [1.807, 2.05) is 30.3 Å². The van der Waals surface area contributed by atoms with Gasteiger partial charge in [-0.1, -0.05) is 43.7 Å². The molecule has 1 N–H and O–H groups in total. The van der Waals surface area contributed by atoms with E-state index in [0.29, 0.717) is 24.3 Å². The number of halogens is 1. The number of unbranched alkanes of at least 4 members (excludes halogenated alkanes) is 1. The van der Waals surface area contributed by atoms with Crippen molar-refractivity contribution >= 4 is 5.97 Å². The predicted molar refractivity (Wildman–Crippen MR) is 97.6 cm³/mol. The van der Waals surface area contributed by atoms with Gasteiger partial charge in [0.2, 0.25) is 0 Å². The molecule has 3 saturated heterocycles. The predicted octanol–water partition coefficient (Wildman–Crippen LogP) is -0.763. The minimum Gasteiger partial charge on any atom is -1.00 e. The van der Waals surface area contributed by atoms with E-state index < -0.39 is 5.92 Å². The molecule has 5 nitrogen and oxygen atoms in total. The zero-order valence-corrected chi connectivity index (χ0v) is 17.7. The molecular weight excluding hydrogens is 410 g/mol. The van der Waals surface area contributed by atoms with Crippen LogP contribution in [0.3, 0.4) is 0 Å². The topological polar surface area (TPSA) is 59.1 Å². The molecule has 6 unspecified atom stereocenters. The molecule has 6 heteroatoms. The van der Waals surface area contributed by atoms with E-state index in [1.54, 1.807) is 0 Å². The number of likely N-dealkylation sites (N-methyl/N-ethyl adjacent to an activating group) is 1. The van der Waals surface area contributed by atoms with E-state index in [9.17, 15) is 9.90 Å². The monoisotopic (exact) mass is 439 g/mol. The average molecular weight is 440 g/mol. The largest absolute Gasteiger partial charge is 1.00 e. The van der Waals surface area contributed by atoms with Crippen LogP contribution >= 0.6 is 0 Å². The van der Waals surface area contributed by atoms with Crippen LogP contribution in [-0.4, -0.2) is 66.2 Å². The third-order valence-corrected chi connectivity index (χ3v) is 6.79. The summed E-state index contributed by atoms with van der Waals surface area (Å²) < 4.78 is 12.9. The highest BCUT2D eigenvalue weighted by atomic mass is 79.9. The molecular formula is C21H30BrNO4. The maximum absolute atomic E-state index is 12.7. The van der Waals surface area contributed by atoms with E-state index in [-0.39, 0.29) is 35.7 Å². The van der Waals surface area contributed by atoms with E-state index in [2.05, 4.69) is 14.0 Å². The zero-order valence-electron chi connectivity index (χ0n) is 16.1. The minimum absolute atomic E-state index is 0. The summed E-state index contributed by atoms with van der Waals surface area (Å²) in [6, 6.07) is 10.3. The summed E-state index contributed by atoms with van der Waals surface area (Å²) in [4.78, 5) is 12.7. The van der Waals surface area contributed by atoms with E-state index >= 15 is 0 Å². The fourth-order valence-corrected chi connectivity index (χ4v) is 5.23. The van der Waals surface area contributed by atoms with Crippen molar-refractivity contribution in [2.45, 2.75) is 68.9 Å². The number of benzene rings is 1. The van der Waals surface area contributed by atoms with Gasteiger partial charge >= 0.3 is 5.97 Å². The number of ether oxygens (including phenoxy) is 2. The first-order chi connectivity index (χ1) is 12.6. The molecule has 3 fully saturated rings. The van der Waals surface area contributed by atoms with Crippen LogP contribution in [0.1, 0.15) is 44.1 Å². The lowest BCUT2D eigenvalue weighted by Gasteiger charge is -2.48. The van der Waals surface area contributed by atoms with Crippen molar-refractivity contribution in [2.24, 2.45) is 0 Å².